The first-order chi connectivity index (χ1) is 37.1. The summed E-state index contributed by atoms with van der Waals surface area (Å²) in [7, 11) is -7.19. The summed E-state index contributed by atoms with van der Waals surface area (Å²) >= 11 is 5.85. The van der Waals surface area contributed by atoms with Crippen molar-refractivity contribution in [1.29, 1.82) is 5.26 Å². The number of amides is 2. The summed E-state index contributed by atoms with van der Waals surface area (Å²) < 4.78 is 116. The fourth-order valence-corrected chi connectivity index (χ4v) is 12.2. The highest BCUT2D eigenvalue weighted by atomic mass is 35.5. The van der Waals surface area contributed by atoms with Gasteiger partial charge in [0.1, 0.15) is 32.8 Å². The van der Waals surface area contributed by atoms with Crippen LogP contribution in [0.15, 0.2) is 72.5 Å². The van der Waals surface area contributed by atoms with Crippen LogP contribution in [0.2, 0.25) is 18.1 Å². The molecule has 9 aliphatic rings. The number of allylic oxidation sites excluding steroid dienone is 1. The van der Waals surface area contributed by atoms with Gasteiger partial charge >= 0.3 is 27.3 Å². The molecule has 2 aromatic carbocycles. The molecule has 0 radical (unpaired) electrons. The Hall–Kier alpha value is -4.90. The van der Waals surface area contributed by atoms with Crippen molar-refractivity contribution >= 4 is 58.8 Å². The van der Waals surface area contributed by atoms with Gasteiger partial charge in [-0.15, -0.1) is 4.71 Å². The molecule has 2 bridgehead atoms. The third-order valence-corrected chi connectivity index (χ3v) is 21.0. The molecule has 2 aromatic rings. The average Bonchev–Trinajstić information content (AvgIpc) is 4.25. The van der Waals surface area contributed by atoms with Gasteiger partial charge in [-0.2, -0.15) is 5.26 Å². The minimum atomic E-state index is -3.67. The zero-order valence-corrected chi connectivity index (χ0v) is 48.7. The SMILES string of the molecule is CC#N.CC(C)(C)[Si](C)(C)OC1=CC[C@H]2CN(C(=O)OCc3ccccc3)C[C@@H]12.CN1C[C@@H]2C[C@H](F)C(=O)[C@@H]2C1.F.FB(F)F.FB(F)F.F[N+]12CC[N+](CCl)(CC1)CC2.O=C1[C@H](F)C[C@H]2CN(C(=O)OCc3ccccc3)C[C@@H]12.[F-]. The Bertz CT molecular complexity index is 2320. The Morgan fingerprint density at radius 3 is 1.47 bits per heavy atom. The van der Waals surface area contributed by atoms with Gasteiger partial charge in [-0.05, 0) is 83.9 Å². The fraction of sp³-hybridized carbons (Fsp3) is 0.642. The molecule has 0 N–H and O–H groups in total. The number of fused-ring (bicyclic) bond motifs is 6. The quantitative estimate of drug-likeness (QED) is 0.0677. The van der Waals surface area contributed by atoms with Crippen LogP contribution < -0.4 is 4.70 Å². The molecule has 3 aliphatic carbocycles. The van der Waals surface area contributed by atoms with Gasteiger partial charge in [0.2, 0.25) is 8.32 Å². The maximum atomic E-state index is 13.5. The molecule has 13 nitrogen and oxygen atoms in total. The van der Waals surface area contributed by atoms with Crippen molar-refractivity contribution in [1.82, 2.24) is 14.7 Å². The van der Waals surface area contributed by atoms with Gasteiger partial charge in [0, 0.05) is 63.9 Å². The second-order valence-corrected chi connectivity index (χ2v) is 27.6. The Labute approximate surface area is 475 Å². The molecule has 8 atom stereocenters. The predicted octanol–water partition coefficient (Wildman–Crippen LogP) is 8.01. The second-order valence-electron chi connectivity index (χ2n) is 22.7. The van der Waals surface area contributed by atoms with Gasteiger partial charge in [0.15, 0.2) is 49.5 Å². The van der Waals surface area contributed by atoms with Crippen molar-refractivity contribution in [2.75, 3.05) is 91.6 Å². The van der Waals surface area contributed by atoms with Crippen molar-refractivity contribution in [2.24, 2.45) is 35.5 Å². The number of carbonyl (C=O) groups excluding carboxylic acids is 4. The monoisotopic (exact) mass is 1200 g/mol. The van der Waals surface area contributed by atoms with E-state index < -0.39 is 41.8 Å². The minimum Gasteiger partial charge on any atom is -1.00 e. The standard InChI is InChI=1S/C21H31NO3Si.C15H16FNO3.C8H12FNO.C7H14ClFN2.C2H3N.2BF3.2FH/c1-21(2,3)26(4,5)25-19-12-11-17-13-22(14-18(17)19)20(23)24-15-16-9-7-6-8-10-16;16-13-6-11-7-17(8-12(11)14(13)18)15(19)20-9-10-4-2-1-3-5-10;1-10-3-5-2-7(9)8(11)6(5)4-10;8-7-10-1-4-11(9,5-2-10)6-3-10;1-2-3;2*2-1(3)4;;/h6-10,12,17-18H,11,13-15H2,1-5H3;1-5,11-13H,6-9H2;5-7H,2-4H2,1H3;1-7H2;1H3;;;2*1H/q;;;+2;;;;;/p-1/t17-,18+;11-,12+,13+;5-,6+,7-;;;;;;/m000....../s1. The molecule has 6 aliphatic heterocycles. The summed E-state index contributed by atoms with van der Waals surface area (Å²) in [6, 6.07) is 21.6. The van der Waals surface area contributed by atoms with E-state index in [4.69, 9.17) is 30.8 Å². The normalized spacial score (nSPS) is 28.0. The number of piperazine rings is 3. The Morgan fingerprint density at radius 1 is 0.704 bits per heavy atom. The molecule has 28 heteroatoms. The molecule has 0 spiro atoms. The zero-order valence-electron chi connectivity index (χ0n) is 47.0. The highest BCUT2D eigenvalue weighted by Crippen LogP contribution is 2.45. The highest BCUT2D eigenvalue weighted by molar-refractivity contribution is 6.74. The van der Waals surface area contributed by atoms with Crippen molar-refractivity contribution in [3.63, 3.8) is 0 Å². The van der Waals surface area contributed by atoms with Crippen LogP contribution in [0.1, 0.15) is 58.1 Å². The smallest absolute Gasteiger partial charge is 0.762 e. The fourth-order valence-electron chi connectivity index (χ4n) is 10.7. The number of hydrogen-bond acceptors (Lipinski definition) is 9. The maximum Gasteiger partial charge on any atom is 0.762 e. The molecule has 454 valence electrons. The highest BCUT2D eigenvalue weighted by Gasteiger charge is 2.52. The van der Waals surface area contributed by atoms with E-state index >= 15 is 0 Å². The topological polar surface area (TPSA) is 129 Å². The van der Waals surface area contributed by atoms with Crippen molar-refractivity contribution in [3.05, 3.63) is 83.6 Å². The van der Waals surface area contributed by atoms with Gasteiger partial charge < -0.3 is 33.3 Å². The second kappa shape index (κ2) is 32.8. The van der Waals surface area contributed by atoms with E-state index in [0.717, 1.165) is 67.1 Å². The number of carbonyl (C=O) groups is 4. The first-order valence-corrected chi connectivity index (χ1v) is 30.0. The molecule has 6 heterocycles. The average molecular weight is 1200 g/mol. The van der Waals surface area contributed by atoms with Crippen LogP contribution in [0.25, 0.3) is 0 Å². The largest absolute Gasteiger partial charge is 1.00 e. The molecule has 8 fully saturated rings. The van der Waals surface area contributed by atoms with E-state index in [1.54, 1.807) is 6.07 Å². The number of Topliss-reactive ketones (excluding diaryl/α,β-unsaturated/α-hetero) is 2. The summed E-state index contributed by atoms with van der Waals surface area (Å²) in [6.07, 6.45) is 0.826. The number of likely N-dealkylation sites (tertiary alicyclic amines) is 3. The lowest BCUT2D eigenvalue weighted by molar-refractivity contribution is -1.15. The lowest BCUT2D eigenvalue weighted by Gasteiger charge is -2.48. The Balaban J connectivity index is 0.000000360. The molecule has 2 saturated carbocycles. The number of halogens is 12. The number of nitrogens with zero attached hydrogens (tertiary/aromatic N) is 6. The molecule has 6 saturated heterocycles. The van der Waals surface area contributed by atoms with Gasteiger partial charge in [-0.25, -0.2) is 18.4 Å². The van der Waals surface area contributed by atoms with Gasteiger partial charge in [-0.1, -0.05) is 93.0 Å². The van der Waals surface area contributed by atoms with Gasteiger partial charge in [0.25, 0.3) is 0 Å². The van der Waals surface area contributed by atoms with Crippen LogP contribution in [0.3, 0.4) is 0 Å². The van der Waals surface area contributed by atoms with Gasteiger partial charge in [0.05, 0.1) is 11.8 Å². The van der Waals surface area contributed by atoms with Crippen LogP contribution in [0.5, 0.6) is 0 Å². The van der Waals surface area contributed by atoms with Crippen LogP contribution >= 0.6 is 11.6 Å². The number of hydrogen-bond donors (Lipinski definition) is 0. The molecule has 81 heavy (non-hydrogen) atoms. The zero-order chi connectivity index (χ0) is 58.9. The molecular weight excluding hydrogens is 1130 g/mol. The summed E-state index contributed by atoms with van der Waals surface area (Å²) in [5.41, 5.74) is 1.93. The molecule has 11 rings (SSSR count). The van der Waals surface area contributed by atoms with E-state index in [9.17, 15) is 58.3 Å². The van der Waals surface area contributed by atoms with Crippen LogP contribution in [-0.2, 0) is 36.7 Å². The first kappa shape index (κ1) is 72.2. The lowest BCUT2D eigenvalue weighted by atomic mass is 9.99. The van der Waals surface area contributed by atoms with Crippen molar-refractivity contribution in [2.45, 2.75) is 90.6 Å². The van der Waals surface area contributed by atoms with Crippen LogP contribution in [0.4, 0.5) is 53.4 Å². The lowest BCUT2D eigenvalue weighted by Crippen LogP contribution is -3.00. The van der Waals surface area contributed by atoms with E-state index in [1.807, 2.05) is 72.6 Å². The van der Waals surface area contributed by atoms with Crippen molar-refractivity contribution in [3.8, 4) is 6.07 Å². The summed E-state index contributed by atoms with van der Waals surface area (Å²) in [5, 5.41) is 7.50. The maximum absolute atomic E-state index is 13.5. The van der Waals surface area contributed by atoms with E-state index in [0.29, 0.717) is 69.5 Å². The number of alkyl halides is 3. The number of nitriles is 1. The van der Waals surface area contributed by atoms with Gasteiger partial charge in [-0.3, -0.25) is 44.7 Å². The number of quaternary nitrogens is 2. The Kier molecular flexibility index (Phi) is 29.2. The summed E-state index contributed by atoms with van der Waals surface area (Å²) in [4.78, 5) is 52.6. The van der Waals surface area contributed by atoms with E-state index in [2.05, 4.69) is 44.8 Å². The third kappa shape index (κ3) is 21.7. The number of rotatable bonds is 7. The van der Waals surface area contributed by atoms with Crippen LogP contribution in [0, 0.1) is 46.8 Å². The molecule has 2 amide bonds. The van der Waals surface area contributed by atoms with Crippen molar-refractivity contribution < 1.29 is 90.8 Å². The van der Waals surface area contributed by atoms with E-state index in [-0.39, 0.29) is 74.1 Å². The first-order valence-electron chi connectivity index (χ1n) is 26.5. The minimum absolute atomic E-state index is 0. The molecule has 0 unspecified atom stereocenters. The number of benzene rings is 2. The third-order valence-electron chi connectivity index (χ3n) is 16.1. The predicted molar refractivity (Wildman–Crippen MR) is 288 cm³/mol. The van der Waals surface area contributed by atoms with Crippen LogP contribution in [-0.4, -0.2) is 175 Å². The number of ether oxygens (including phenoxy) is 2. The number of ketones is 2. The molecular formula is C53H77B2ClF11N6O7Si+. The Morgan fingerprint density at radius 2 is 1.09 bits per heavy atom. The molecule has 0 aromatic heterocycles. The summed E-state index contributed by atoms with van der Waals surface area (Å²) in [6.45, 7) is 22.0. The summed E-state index contributed by atoms with van der Waals surface area (Å²) in [5.74, 6) is 1.34. The van der Waals surface area contributed by atoms with E-state index in [1.165, 1.54) is 11.8 Å².